The molecule has 2 amide bonds. The van der Waals surface area contributed by atoms with Gasteiger partial charge in [0.15, 0.2) is 5.78 Å². The van der Waals surface area contributed by atoms with E-state index in [1.807, 2.05) is 30.3 Å². The van der Waals surface area contributed by atoms with Crippen LogP contribution in [0.3, 0.4) is 0 Å². The predicted octanol–water partition coefficient (Wildman–Crippen LogP) is 2.28. The number of carbonyl (C=O) groups is 3. The Morgan fingerprint density at radius 1 is 1.32 bits per heavy atom. The maximum atomic E-state index is 14.1. The highest BCUT2D eigenvalue weighted by Crippen LogP contribution is 2.25. The van der Waals surface area contributed by atoms with Crippen LogP contribution in [-0.4, -0.2) is 41.0 Å². The van der Waals surface area contributed by atoms with Crippen molar-refractivity contribution >= 4 is 17.8 Å². The van der Waals surface area contributed by atoms with Crippen LogP contribution in [0.15, 0.2) is 30.3 Å². The Morgan fingerprint density at radius 3 is 2.50 bits per heavy atom. The summed E-state index contributed by atoms with van der Waals surface area (Å²) in [6.07, 6.45) is -3.00. The Hall–Kier alpha value is -2.24. The van der Waals surface area contributed by atoms with Crippen molar-refractivity contribution in [2.24, 2.45) is 0 Å². The number of ether oxygens (including phenoxy) is 1. The predicted molar refractivity (Wildman–Crippen MR) is 76.9 cm³/mol. The summed E-state index contributed by atoms with van der Waals surface area (Å²) in [5, 5.41) is 0. The number of benzene rings is 1. The number of nitrogens with zero attached hydrogens (tertiary/aromatic N) is 1. The van der Waals surface area contributed by atoms with Gasteiger partial charge in [-0.3, -0.25) is 9.59 Å². The number of carbonyl (C=O) groups excluding carboxylic acids is 3. The number of aryl methyl sites for hydroxylation is 1. The number of alkyl halides is 1. The molecule has 1 saturated heterocycles. The first-order valence-electron chi connectivity index (χ1n) is 7.04. The maximum Gasteiger partial charge on any atom is 0.417 e. The zero-order valence-corrected chi connectivity index (χ0v) is 12.5. The van der Waals surface area contributed by atoms with Gasteiger partial charge in [0.25, 0.3) is 5.91 Å². The lowest BCUT2D eigenvalue weighted by atomic mass is 10.0. The van der Waals surface area contributed by atoms with E-state index in [0.29, 0.717) is 11.3 Å². The summed E-state index contributed by atoms with van der Waals surface area (Å²) in [4.78, 5) is 36.1. The van der Waals surface area contributed by atoms with Crippen molar-refractivity contribution in [2.45, 2.75) is 38.4 Å². The highest BCUT2D eigenvalue weighted by atomic mass is 19.1. The van der Waals surface area contributed by atoms with Crippen LogP contribution in [0.1, 0.15) is 25.8 Å². The first-order valence-corrected chi connectivity index (χ1v) is 7.04. The Balaban J connectivity index is 1.98. The van der Waals surface area contributed by atoms with Gasteiger partial charge in [0.2, 0.25) is 6.17 Å². The summed E-state index contributed by atoms with van der Waals surface area (Å²) in [6, 6.07) is 9.13. The first-order chi connectivity index (χ1) is 10.3. The number of cyclic esters (lactones) is 1. The van der Waals surface area contributed by atoms with Gasteiger partial charge in [-0.1, -0.05) is 30.3 Å². The molecule has 0 bridgehead atoms. The summed E-state index contributed by atoms with van der Waals surface area (Å²) >= 11 is 0. The second-order valence-corrected chi connectivity index (χ2v) is 5.86. The third-order valence-electron chi connectivity index (χ3n) is 3.56. The lowest BCUT2D eigenvalue weighted by molar-refractivity contribution is -0.142. The van der Waals surface area contributed by atoms with Gasteiger partial charge in [-0.25, -0.2) is 14.1 Å². The molecular formula is C16H18FNO4. The molecule has 0 aromatic heterocycles. The molecule has 6 heteroatoms. The quantitative estimate of drug-likeness (QED) is 0.783. The normalized spacial score (nSPS) is 18.0. The molecule has 1 aliphatic rings. The average molecular weight is 307 g/mol. The number of ketones is 1. The SMILES string of the molecule is CC1(C)COC(=O)N1C(=O)C(F)C(=O)CCc1ccccc1. The Bertz CT molecular complexity index is 585. The van der Waals surface area contributed by atoms with Crippen LogP contribution in [0.4, 0.5) is 9.18 Å². The fourth-order valence-electron chi connectivity index (χ4n) is 2.29. The molecule has 1 aliphatic heterocycles. The lowest BCUT2D eigenvalue weighted by Crippen LogP contribution is -2.51. The van der Waals surface area contributed by atoms with E-state index in [0.717, 1.165) is 5.56 Å². The molecule has 2 rings (SSSR count). The fourth-order valence-corrected chi connectivity index (χ4v) is 2.29. The molecule has 118 valence electrons. The molecule has 0 saturated carbocycles. The van der Waals surface area contributed by atoms with E-state index in [2.05, 4.69) is 0 Å². The van der Waals surface area contributed by atoms with E-state index < -0.39 is 29.5 Å². The number of hydrogen-bond acceptors (Lipinski definition) is 4. The van der Waals surface area contributed by atoms with Crippen LogP contribution >= 0.6 is 0 Å². The standard InChI is InChI=1S/C16H18FNO4/c1-16(2)10-22-15(21)18(16)14(20)13(17)12(19)9-8-11-6-4-3-5-7-11/h3-7,13H,8-10H2,1-2H3. The molecule has 1 aromatic carbocycles. The molecule has 1 heterocycles. The second kappa shape index (κ2) is 6.25. The first kappa shape index (κ1) is 16.1. The van der Waals surface area contributed by atoms with Crippen LogP contribution in [-0.2, 0) is 20.7 Å². The van der Waals surface area contributed by atoms with Gasteiger partial charge in [0.1, 0.15) is 6.61 Å². The molecule has 1 unspecified atom stereocenters. The smallest absolute Gasteiger partial charge is 0.417 e. The monoisotopic (exact) mass is 307 g/mol. The minimum absolute atomic E-state index is 0.0114. The maximum absolute atomic E-state index is 14.1. The highest BCUT2D eigenvalue weighted by molar-refractivity contribution is 6.09. The van der Waals surface area contributed by atoms with E-state index in [-0.39, 0.29) is 13.0 Å². The summed E-state index contributed by atoms with van der Waals surface area (Å²) in [6.45, 7) is 3.15. The minimum atomic E-state index is -2.34. The van der Waals surface area contributed by atoms with Gasteiger partial charge in [-0.2, -0.15) is 0 Å². The molecule has 1 aromatic rings. The highest BCUT2D eigenvalue weighted by Gasteiger charge is 2.47. The van der Waals surface area contributed by atoms with Crippen molar-refractivity contribution in [1.82, 2.24) is 4.90 Å². The number of Topliss-reactive ketones (excluding diaryl/α,β-unsaturated/α-hetero) is 1. The van der Waals surface area contributed by atoms with Crippen molar-refractivity contribution in [1.29, 1.82) is 0 Å². The number of amides is 2. The number of rotatable bonds is 5. The van der Waals surface area contributed by atoms with Crippen LogP contribution in [0.2, 0.25) is 0 Å². The molecular weight excluding hydrogens is 289 g/mol. The number of hydrogen-bond donors (Lipinski definition) is 0. The second-order valence-electron chi connectivity index (χ2n) is 5.86. The molecule has 1 atom stereocenters. The third kappa shape index (κ3) is 3.32. The van der Waals surface area contributed by atoms with Crippen LogP contribution in [0.5, 0.6) is 0 Å². The van der Waals surface area contributed by atoms with Crippen LogP contribution in [0, 0.1) is 0 Å². The van der Waals surface area contributed by atoms with Crippen molar-refractivity contribution in [2.75, 3.05) is 6.61 Å². The van der Waals surface area contributed by atoms with Gasteiger partial charge in [0, 0.05) is 6.42 Å². The van der Waals surface area contributed by atoms with E-state index in [4.69, 9.17) is 4.74 Å². The zero-order chi connectivity index (χ0) is 16.3. The lowest BCUT2D eigenvalue weighted by Gasteiger charge is -2.26. The van der Waals surface area contributed by atoms with Crippen molar-refractivity contribution in [3.63, 3.8) is 0 Å². The molecule has 0 spiro atoms. The molecule has 5 nitrogen and oxygen atoms in total. The third-order valence-corrected chi connectivity index (χ3v) is 3.56. The van der Waals surface area contributed by atoms with Gasteiger partial charge >= 0.3 is 6.09 Å². The van der Waals surface area contributed by atoms with Gasteiger partial charge in [-0.15, -0.1) is 0 Å². The number of halogens is 1. The van der Waals surface area contributed by atoms with Gasteiger partial charge < -0.3 is 4.74 Å². The molecule has 0 radical (unpaired) electrons. The van der Waals surface area contributed by atoms with Gasteiger partial charge in [0.05, 0.1) is 5.54 Å². The van der Waals surface area contributed by atoms with Crippen molar-refractivity contribution < 1.29 is 23.5 Å². The topological polar surface area (TPSA) is 63.7 Å². The number of imide groups is 1. The van der Waals surface area contributed by atoms with Crippen molar-refractivity contribution in [3.8, 4) is 0 Å². The van der Waals surface area contributed by atoms with Crippen molar-refractivity contribution in [3.05, 3.63) is 35.9 Å². The summed E-state index contributed by atoms with van der Waals surface area (Å²) < 4.78 is 18.9. The Labute approximate surface area is 128 Å². The van der Waals surface area contributed by atoms with Crippen LogP contribution < -0.4 is 0 Å². The van der Waals surface area contributed by atoms with E-state index in [1.165, 1.54) is 0 Å². The Morgan fingerprint density at radius 2 is 1.95 bits per heavy atom. The largest absolute Gasteiger partial charge is 0.447 e. The van der Waals surface area contributed by atoms with Gasteiger partial charge in [-0.05, 0) is 25.8 Å². The van der Waals surface area contributed by atoms with Crippen LogP contribution in [0.25, 0.3) is 0 Å². The fraction of sp³-hybridized carbons (Fsp3) is 0.438. The van der Waals surface area contributed by atoms with E-state index in [9.17, 15) is 18.8 Å². The summed E-state index contributed by atoms with van der Waals surface area (Å²) in [5.74, 6) is -1.98. The zero-order valence-electron chi connectivity index (χ0n) is 12.5. The minimum Gasteiger partial charge on any atom is -0.447 e. The molecule has 22 heavy (non-hydrogen) atoms. The van der Waals surface area contributed by atoms with E-state index >= 15 is 0 Å². The Kier molecular flexibility index (Phi) is 4.59. The molecule has 0 aliphatic carbocycles. The average Bonchev–Trinajstić information content (AvgIpc) is 2.77. The van der Waals surface area contributed by atoms with E-state index in [1.54, 1.807) is 13.8 Å². The summed E-state index contributed by atoms with van der Waals surface area (Å²) in [5.41, 5.74) is -0.0606. The molecule has 1 fully saturated rings. The molecule has 0 N–H and O–H groups in total. The summed E-state index contributed by atoms with van der Waals surface area (Å²) in [7, 11) is 0.